The quantitative estimate of drug-likeness (QED) is 0.845. The van der Waals surface area contributed by atoms with Gasteiger partial charge in [0.05, 0.1) is 5.56 Å². The van der Waals surface area contributed by atoms with Gasteiger partial charge in [0.2, 0.25) is 0 Å². The topological polar surface area (TPSA) is 43.8 Å². The molecule has 98 valence electrons. The van der Waals surface area contributed by atoms with Crippen molar-refractivity contribution in [1.82, 2.24) is 9.80 Å². The molecular formula is C13H17ClN2O2. The second-order valence-corrected chi connectivity index (χ2v) is 5.05. The van der Waals surface area contributed by atoms with Crippen LogP contribution in [0, 0.1) is 0 Å². The molecule has 1 heterocycles. The van der Waals surface area contributed by atoms with Crippen molar-refractivity contribution in [2.45, 2.75) is 6.42 Å². The number of hydrogen-bond donors (Lipinski definition) is 1. The largest absolute Gasteiger partial charge is 0.507 e. The Bertz CT molecular complexity index is 451. The number of benzene rings is 1. The van der Waals surface area contributed by atoms with Gasteiger partial charge in [-0.05, 0) is 38.2 Å². The first-order valence-electron chi connectivity index (χ1n) is 6.04. The molecule has 5 heteroatoms. The molecule has 1 fully saturated rings. The average molecular weight is 269 g/mol. The van der Waals surface area contributed by atoms with E-state index in [-0.39, 0.29) is 11.7 Å². The zero-order valence-electron chi connectivity index (χ0n) is 10.4. The van der Waals surface area contributed by atoms with Crippen LogP contribution in [0.25, 0.3) is 0 Å². The number of amides is 1. The predicted octanol–water partition coefficient (Wildman–Crippen LogP) is 1.82. The van der Waals surface area contributed by atoms with Gasteiger partial charge in [0.1, 0.15) is 5.75 Å². The van der Waals surface area contributed by atoms with Crippen LogP contribution in [0.2, 0.25) is 5.02 Å². The van der Waals surface area contributed by atoms with Crippen molar-refractivity contribution in [1.29, 1.82) is 0 Å². The molecule has 0 aliphatic carbocycles. The molecule has 1 aromatic carbocycles. The Morgan fingerprint density at radius 1 is 1.28 bits per heavy atom. The molecule has 0 atom stereocenters. The summed E-state index contributed by atoms with van der Waals surface area (Å²) in [5.41, 5.74) is 0.323. The number of phenols is 1. The second-order valence-electron chi connectivity index (χ2n) is 4.61. The number of aromatic hydroxyl groups is 1. The minimum Gasteiger partial charge on any atom is -0.507 e. The van der Waals surface area contributed by atoms with E-state index in [1.54, 1.807) is 17.0 Å². The standard InChI is InChI=1S/C13H17ClN2O2/c1-15-5-2-6-16(8-7-15)13(18)11-4-3-10(14)9-12(11)17/h3-4,9,17H,2,5-8H2,1H3. The Hall–Kier alpha value is -1.26. The Morgan fingerprint density at radius 2 is 2.06 bits per heavy atom. The van der Waals surface area contributed by atoms with E-state index in [9.17, 15) is 9.90 Å². The van der Waals surface area contributed by atoms with E-state index >= 15 is 0 Å². The predicted molar refractivity (Wildman–Crippen MR) is 71.1 cm³/mol. The number of carbonyl (C=O) groups excluding carboxylic acids is 1. The van der Waals surface area contributed by atoms with Gasteiger partial charge in [-0.25, -0.2) is 0 Å². The van der Waals surface area contributed by atoms with Gasteiger partial charge in [0.25, 0.3) is 5.91 Å². The van der Waals surface area contributed by atoms with Crippen molar-refractivity contribution < 1.29 is 9.90 Å². The van der Waals surface area contributed by atoms with Gasteiger partial charge in [0.15, 0.2) is 0 Å². The summed E-state index contributed by atoms with van der Waals surface area (Å²) in [6, 6.07) is 4.60. The molecule has 1 N–H and O–H groups in total. The third-order valence-electron chi connectivity index (χ3n) is 3.20. The first-order valence-corrected chi connectivity index (χ1v) is 6.42. The summed E-state index contributed by atoms with van der Waals surface area (Å²) in [4.78, 5) is 16.3. The average Bonchev–Trinajstić information content (AvgIpc) is 2.53. The van der Waals surface area contributed by atoms with E-state index in [0.717, 1.165) is 26.1 Å². The molecule has 1 aliphatic heterocycles. The van der Waals surface area contributed by atoms with Gasteiger partial charge in [-0.1, -0.05) is 11.6 Å². The van der Waals surface area contributed by atoms with Crippen LogP contribution in [0.3, 0.4) is 0 Å². The lowest BCUT2D eigenvalue weighted by Gasteiger charge is -2.21. The highest BCUT2D eigenvalue weighted by Gasteiger charge is 2.21. The van der Waals surface area contributed by atoms with Crippen LogP contribution in [0.15, 0.2) is 18.2 Å². The monoisotopic (exact) mass is 268 g/mol. The van der Waals surface area contributed by atoms with Crippen molar-refractivity contribution in [2.24, 2.45) is 0 Å². The molecule has 2 rings (SSSR count). The molecule has 0 bridgehead atoms. The first kappa shape index (κ1) is 13.2. The van der Waals surface area contributed by atoms with Gasteiger partial charge in [-0.2, -0.15) is 0 Å². The molecule has 4 nitrogen and oxygen atoms in total. The number of likely N-dealkylation sites (N-methyl/N-ethyl adjacent to an activating group) is 1. The lowest BCUT2D eigenvalue weighted by Crippen LogP contribution is -2.34. The zero-order chi connectivity index (χ0) is 13.1. The third-order valence-corrected chi connectivity index (χ3v) is 3.43. The maximum Gasteiger partial charge on any atom is 0.257 e. The number of nitrogens with zero attached hydrogens (tertiary/aromatic N) is 2. The summed E-state index contributed by atoms with van der Waals surface area (Å²) < 4.78 is 0. The molecule has 0 unspecified atom stereocenters. The molecule has 0 saturated carbocycles. The molecular weight excluding hydrogens is 252 g/mol. The number of hydrogen-bond acceptors (Lipinski definition) is 3. The highest BCUT2D eigenvalue weighted by atomic mass is 35.5. The van der Waals surface area contributed by atoms with Gasteiger partial charge >= 0.3 is 0 Å². The molecule has 1 aromatic rings. The Kier molecular flexibility index (Phi) is 4.09. The van der Waals surface area contributed by atoms with E-state index in [1.165, 1.54) is 6.07 Å². The first-order chi connectivity index (χ1) is 8.58. The SMILES string of the molecule is CN1CCCN(C(=O)c2ccc(Cl)cc2O)CC1. The van der Waals surface area contributed by atoms with Crippen LogP contribution in [0.4, 0.5) is 0 Å². The van der Waals surface area contributed by atoms with Crippen LogP contribution in [0.5, 0.6) is 5.75 Å². The van der Waals surface area contributed by atoms with E-state index in [1.807, 2.05) is 7.05 Å². The summed E-state index contributed by atoms with van der Waals surface area (Å²) in [6.45, 7) is 3.28. The fourth-order valence-electron chi connectivity index (χ4n) is 2.11. The Labute approximate surface area is 112 Å². The Balaban J connectivity index is 2.15. The summed E-state index contributed by atoms with van der Waals surface area (Å²) in [5.74, 6) is -0.176. The van der Waals surface area contributed by atoms with Crippen molar-refractivity contribution in [3.63, 3.8) is 0 Å². The number of phenolic OH excluding ortho intramolecular Hbond substituents is 1. The normalized spacial score (nSPS) is 17.6. The maximum absolute atomic E-state index is 12.3. The minimum atomic E-state index is -0.125. The van der Waals surface area contributed by atoms with Crippen molar-refractivity contribution in [3.05, 3.63) is 28.8 Å². The molecule has 1 amide bonds. The summed E-state index contributed by atoms with van der Waals surface area (Å²) in [7, 11) is 2.05. The third kappa shape index (κ3) is 2.94. The second kappa shape index (κ2) is 5.59. The van der Waals surface area contributed by atoms with E-state index < -0.39 is 0 Å². The maximum atomic E-state index is 12.3. The van der Waals surface area contributed by atoms with Crippen LogP contribution in [-0.4, -0.2) is 54.0 Å². The van der Waals surface area contributed by atoms with Crippen molar-refractivity contribution in [2.75, 3.05) is 33.2 Å². The zero-order valence-corrected chi connectivity index (χ0v) is 11.2. The Morgan fingerprint density at radius 3 is 2.78 bits per heavy atom. The molecule has 1 saturated heterocycles. The number of halogens is 1. The van der Waals surface area contributed by atoms with Crippen molar-refractivity contribution >= 4 is 17.5 Å². The van der Waals surface area contributed by atoms with Crippen LogP contribution in [0.1, 0.15) is 16.8 Å². The summed E-state index contributed by atoms with van der Waals surface area (Å²) >= 11 is 5.76. The summed E-state index contributed by atoms with van der Waals surface area (Å²) in [6.07, 6.45) is 0.955. The van der Waals surface area contributed by atoms with Gasteiger partial charge in [0, 0.05) is 24.7 Å². The highest BCUT2D eigenvalue weighted by Crippen LogP contribution is 2.23. The summed E-state index contributed by atoms with van der Waals surface area (Å²) in [5, 5.41) is 10.2. The molecule has 1 aliphatic rings. The number of rotatable bonds is 1. The van der Waals surface area contributed by atoms with Crippen LogP contribution >= 0.6 is 11.6 Å². The molecule has 0 spiro atoms. The molecule has 0 radical (unpaired) electrons. The van der Waals surface area contributed by atoms with Gasteiger partial charge in [-0.3, -0.25) is 4.79 Å². The van der Waals surface area contributed by atoms with E-state index in [4.69, 9.17) is 11.6 Å². The lowest BCUT2D eigenvalue weighted by molar-refractivity contribution is 0.0760. The fourth-order valence-corrected chi connectivity index (χ4v) is 2.27. The van der Waals surface area contributed by atoms with Crippen LogP contribution < -0.4 is 0 Å². The molecule has 18 heavy (non-hydrogen) atoms. The lowest BCUT2D eigenvalue weighted by atomic mass is 10.1. The smallest absolute Gasteiger partial charge is 0.257 e. The molecule has 0 aromatic heterocycles. The van der Waals surface area contributed by atoms with E-state index in [0.29, 0.717) is 17.1 Å². The van der Waals surface area contributed by atoms with Gasteiger partial charge < -0.3 is 14.9 Å². The minimum absolute atomic E-state index is 0.0508. The fraction of sp³-hybridized carbons (Fsp3) is 0.462. The van der Waals surface area contributed by atoms with Crippen LogP contribution in [-0.2, 0) is 0 Å². The van der Waals surface area contributed by atoms with Crippen molar-refractivity contribution in [3.8, 4) is 5.75 Å². The van der Waals surface area contributed by atoms with Gasteiger partial charge in [-0.15, -0.1) is 0 Å². The number of carbonyl (C=O) groups is 1. The van der Waals surface area contributed by atoms with E-state index in [2.05, 4.69) is 4.90 Å². The highest BCUT2D eigenvalue weighted by molar-refractivity contribution is 6.30.